The number of allylic oxidation sites excluding steroid dienone is 4. The zero-order valence-corrected chi connectivity index (χ0v) is 51.5. The molecule has 450 valence electrons. The molecule has 0 saturated heterocycles. The summed E-state index contributed by atoms with van der Waals surface area (Å²) in [6.45, 7) is 4.97. The number of hydrogen-bond acceptors (Lipinski definition) is 5. The normalized spacial score (nSPS) is 12.6. The van der Waals surface area contributed by atoms with Gasteiger partial charge in [-0.2, -0.15) is 0 Å². The van der Waals surface area contributed by atoms with E-state index in [-0.39, 0.29) is 18.5 Å². The Kier molecular flexibility index (Phi) is 64.4. The molecular weight excluding hydrogens is 935 g/mol. The molecule has 0 aliphatic heterocycles. The Hall–Kier alpha value is -1.66. The van der Waals surface area contributed by atoms with Crippen molar-refractivity contribution in [2.45, 2.75) is 398 Å². The van der Waals surface area contributed by atoms with Crippen molar-refractivity contribution >= 4 is 11.9 Å². The molecule has 0 spiro atoms. The van der Waals surface area contributed by atoms with E-state index in [1.54, 1.807) is 0 Å². The molecular formula is C70H135NO5. The van der Waals surface area contributed by atoms with Crippen LogP contribution in [0.1, 0.15) is 386 Å². The highest BCUT2D eigenvalue weighted by molar-refractivity contribution is 5.76. The molecule has 0 aromatic heterocycles. The van der Waals surface area contributed by atoms with E-state index in [2.05, 4.69) is 43.5 Å². The van der Waals surface area contributed by atoms with Crippen LogP contribution in [0.2, 0.25) is 0 Å². The van der Waals surface area contributed by atoms with E-state index in [0.717, 1.165) is 57.8 Å². The summed E-state index contributed by atoms with van der Waals surface area (Å²) in [7, 11) is 0. The van der Waals surface area contributed by atoms with E-state index in [0.29, 0.717) is 25.9 Å². The summed E-state index contributed by atoms with van der Waals surface area (Å²) >= 11 is 0. The van der Waals surface area contributed by atoms with Crippen LogP contribution in [-0.4, -0.2) is 47.4 Å². The minimum absolute atomic E-state index is 0.00118. The predicted molar refractivity (Wildman–Crippen MR) is 333 cm³/mol. The summed E-state index contributed by atoms with van der Waals surface area (Å²) in [5.74, 6) is -0.0439. The molecule has 0 aliphatic rings. The molecule has 1 amide bonds. The highest BCUT2D eigenvalue weighted by Gasteiger charge is 2.20. The zero-order valence-electron chi connectivity index (χ0n) is 51.5. The van der Waals surface area contributed by atoms with Crippen molar-refractivity contribution in [3.63, 3.8) is 0 Å². The largest absolute Gasteiger partial charge is 0.466 e. The maximum absolute atomic E-state index is 12.5. The lowest BCUT2D eigenvalue weighted by Crippen LogP contribution is -2.45. The molecule has 0 aromatic carbocycles. The number of aliphatic hydroxyl groups is 2. The summed E-state index contributed by atoms with van der Waals surface area (Å²) in [4.78, 5) is 24.6. The van der Waals surface area contributed by atoms with E-state index >= 15 is 0 Å². The minimum Gasteiger partial charge on any atom is -0.466 e. The van der Waals surface area contributed by atoms with Gasteiger partial charge in [0, 0.05) is 12.8 Å². The number of amides is 1. The lowest BCUT2D eigenvalue weighted by atomic mass is 10.0. The maximum atomic E-state index is 12.5. The van der Waals surface area contributed by atoms with Gasteiger partial charge in [0.25, 0.3) is 0 Å². The van der Waals surface area contributed by atoms with Gasteiger partial charge in [0.05, 0.1) is 25.4 Å². The van der Waals surface area contributed by atoms with E-state index in [4.69, 9.17) is 4.74 Å². The molecule has 0 heterocycles. The van der Waals surface area contributed by atoms with Gasteiger partial charge in [-0.05, 0) is 77.0 Å². The lowest BCUT2D eigenvalue weighted by molar-refractivity contribution is -0.143. The van der Waals surface area contributed by atoms with E-state index in [1.807, 2.05) is 0 Å². The first kappa shape index (κ1) is 74.3. The SMILES string of the molecule is CCCCCCCCC/C=C\CCCCCCCCCC(=O)OCCCCCCCCCCC/C=C\CCCCCCCC(=O)NC(CO)C(O)CCCCCCCCCCCCCCCCCCCCCCCCC. The Bertz CT molecular complexity index is 1190. The van der Waals surface area contributed by atoms with Crippen LogP contribution in [0, 0.1) is 0 Å². The Morgan fingerprint density at radius 3 is 0.934 bits per heavy atom. The Morgan fingerprint density at radius 2 is 0.618 bits per heavy atom. The summed E-state index contributed by atoms with van der Waals surface area (Å²) in [6.07, 6.45) is 82.1. The molecule has 0 bridgehead atoms. The lowest BCUT2D eigenvalue weighted by Gasteiger charge is -2.22. The van der Waals surface area contributed by atoms with Crippen molar-refractivity contribution in [3.8, 4) is 0 Å². The third-order valence-electron chi connectivity index (χ3n) is 16.2. The van der Waals surface area contributed by atoms with Crippen LogP contribution >= 0.6 is 0 Å². The molecule has 2 unspecified atom stereocenters. The first-order chi connectivity index (χ1) is 37.5. The van der Waals surface area contributed by atoms with Gasteiger partial charge in [-0.1, -0.05) is 321 Å². The van der Waals surface area contributed by atoms with Crippen molar-refractivity contribution in [2.24, 2.45) is 0 Å². The number of carbonyl (C=O) groups is 2. The number of rotatable bonds is 65. The van der Waals surface area contributed by atoms with Gasteiger partial charge >= 0.3 is 5.97 Å². The molecule has 0 rings (SSSR count). The van der Waals surface area contributed by atoms with Crippen LogP contribution in [0.5, 0.6) is 0 Å². The summed E-state index contributed by atoms with van der Waals surface area (Å²) in [5, 5.41) is 23.4. The fourth-order valence-corrected chi connectivity index (χ4v) is 10.9. The summed E-state index contributed by atoms with van der Waals surface area (Å²) in [5.41, 5.74) is 0. The van der Waals surface area contributed by atoms with E-state index in [9.17, 15) is 19.8 Å². The van der Waals surface area contributed by atoms with Gasteiger partial charge in [-0.25, -0.2) is 0 Å². The predicted octanol–water partition coefficient (Wildman–Crippen LogP) is 22.1. The van der Waals surface area contributed by atoms with Gasteiger partial charge in [0.1, 0.15) is 0 Å². The summed E-state index contributed by atoms with van der Waals surface area (Å²) in [6, 6.07) is -0.553. The molecule has 3 N–H and O–H groups in total. The van der Waals surface area contributed by atoms with Crippen LogP contribution in [0.3, 0.4) is 0 Å². The monoisotopic (exact) mass is 1070 g/mol. The standard InChI is InChI=1S/C70H135NO5/c1-3-5-7-9-11-13-15-17-19-21-23-24-25-26-27-30-34-38-42-46-50-54-58-62-68(73)67(66-72)71-69(74)63-59-55-51-47-43-39-35-31-28-29-33-37-41-45-49-53-57-61-65-76-70(75)64-60-56-52-48-44-40-36-32-22-20-18-16-14-12-10-8-6-4-2/h20,22,31,35,67-68,72-73H,3-19,21,23-30,32-34,36-66H2,1-2H3,(H,71,74)/b22-20-,35-31-. The highest BCUT2D eigenvalue weighted by Crippen LogP contribution is 2.18. The van der Waals surface area contributed by atoms with Gasteiger partial charge in [-0.15, -0.1) is 0 Å². The van der Waals surface area contributed by atoms with Crippen LogP contribution in [0.15, 0.2) is 24.3 Å². The molecule has 2 atom stereocenters. The van der Waals surface area contributed by atoms with Crippen molar-refractivity contribution in [3.05, 3.63) is 24.3 Å². The fraction of sp³-hybridized carbons (Fsp3) is 0.914. The molecule has 0 aliphatic carbocycles. The Morgan fingerprint density at radius 1 is 0.355 bits per heavy atom. The highest BCUT2D eigenvalue weighted by atomic mass is 16.5. The van der Waals surface area contributed by atoms with Crippen LogP contribution in [-0.2, 0) is 14.3 Å². The first-order valence-electron chi connectivity index (χ1n) is 34.6. The number of carbonyl (C=O) groups excluding carboxylic acids is 2. The topological polar surface area (TPSA) is 95.9 Å². The minimum atomic E-state index is -0.675. The van der Waals surface area contributed by atoms with Gasteiger partial charge in [0.15, 0.2) is 0 Å². The van der Waals surface area contributed by atoms with Crippen LogP contribution < -0.4 is 5.32 Å². The fourth-order valence-electron chi connectivity index (χ4n) is 10.9. The van der Waals surface area contributed by atoms with Gasteiger partial charge < -0.3 is 20.3 Å². The van der Waals surface area contributed by atoms with E-state index < -0.39 is 12.1 Å². The molecule has 0 fully saturated rings. The third-order valence-corrected chi connectivity index (χ3v) is 16.2. The van der Waals surface area contributed by atoms with Crippen molar-refractivity contribution in [1.29, 1.82) is 0 Å². The van der Waals surface area contributed by atoms with Gasteiger partial charge in [-0.3, -0.25) is 9.59 Å². The average Bonchev–Trinajstić information content (AvgIpc) is 3.42. The molecule has 6 nitrogen and oxygen atoms in total. The van der Waals surface area contributed by atoms with Gasteiger partial charge in [0.2, 0.25) is 5.91 Å². The average molecular weight is 1070 g/mol. The number of aliphatic hydroxyl groups excluding tert-OH is 2. The van der Waals surface area contributed by atoms with Crippen LogP contribution in [0.25, 0.3) is 0 Å². The number of ether oxygens (including phenoxy) is 1. The first-order valence-corrected chi connectivity index (χ1v) is 34.6. The van der Waals surface area contributed by atoms with Crippen LogP contribution in [0.4, 0.5) is 0 Å². The van der Waals surface area contributed by atoms with Crippen molar-refractivity contribution in [2.75, 3.05) is 13.2 Å². The molecule has 6 heteroatoms. The second-order valence-corrected chi connectivity index (χ2v) is 23.9. The molecule has 0 aromatic rings. The number of nitrogens with one attached hydrogen (secondary N) is 1. The van der Waals surface area contributed by atoms with E-state index in [1.165, 1.54) is 295 Å². The van der Waals surface area contributed by atoms with Crippen molar-refractivity contribution < 1.29 is 24.5 Å². The second-order valence-electron chi connectivity index (χ2n) is 23.9. The molecule has 76 heavy (non-hydrogen) atoms. The zero-order chi connectivity index (χ0) is 55.0. The maximum Gasteiger partial charge on any atom is 0.305 e. The number of hydrogen-bond donors (Lipinski definition) is 3. The Balaban J connectivity index is 3.43. The molecule has 0 saturated carbocycles. The second kappa shape index (κ2) is 65.9. The quantitative estimate of drug-likeness (QED) is 0.0320. The third kappa shape index (κ3) is 61.6. The number of unbranched alkanes of at least 4 members (excludes halogenated alkanes) is 50. The molecule has 0 radical (unpaired) electrons. The summed E-state index contributed by atoms with van der Waals surface area (Å²) < 4.78 is 5.50. The van der Waals surface area contributed by atoms with Crippen molar-refractivity contribution in [1.82, 2.24) is 5.32 Å². The Labute approximate surface area is 475 Å². The number of esters is 1. The smallest absolute Gasteiger partial charge is 0.305 e.